The molecule has 0 bridgehead atoms. The molecule has 7 nitrogen and oxygen atoms in total. The zero-order valence-corrected chi connectivity index (χ0v) is 13.4. The molecule has 3 rings (SSSR count). The molecule has 0 fully saturated rings. The average Bonchev–Trinajstić information content (AvgIpc) is 3.00. The van der Waals surface area contributed by atoms with Crippen LogP contribution in [0.5, 0.6) is 0 Å². The molecule has 1 aliphatic rings. The molecule has 2 aromatic heterocycles. The predicted molar refractivity (Wildman–Crippen MR) is 85.6 cm³/mol. The fraction of sp³-hybridized carbons (Fsp3) is 0.375. The van der Waals surface area contributed by atoms with E-state index in [0.717, 1.165) is 0 Å². The van der Waals surface area contributed by atoms with E-state index in [1.54, 1.807) is 29.8 Å². The monoisotopic (exact) mass is 314 g/mol. The van der Waals surface area contributed by atoms with Crippen LogP contribution < -0.4 is 5.32 Å². The molecule has 3 heterocycles. The van der Waals surface area contributed by atoms with Crippen LogP contribution >= 0.6 is 0 Å². The zero-order valence-electron chi connectivity index (χ0n) is 13.4. The average molecular weight is 314 g/mol. The Kier molecular flexibility index (Phi) is 3.24. The summed E-state index contributed by atoms with van der Waals surface area (Å²) in [7, 11) is 1.82. The minimum atomic E-state index is -1.11. The third-order valence-electron chi connectivity index (χ3n) is 4.48. The van der Waals surface area contributed by atoms with Crippen molar-refractivity contribution in [2.45, 2.75) is 26.3 Å². The van der Waals surface area contributed by atoms with Gasteiger partial charge in [0.05, 0.1) is 16.6 Å². The fourth-order valence-corrected chi connectivity index (χ4v) is 2.58. The molecule has 0 spiro atoms. The number of aliphatic imine (C=N–C) groups is 1. The van der Waals surface area contributed by atoms with Crippen LogP contribution in [0.25, 0.3) is 11.0 Å². The van der Waals surface area contributed by atoms with Crippen molar-refractivity contribution < 1.29 is 14.7 Å². The van der Waals surface area contributed by atoms with Gasteiger partial charge in [-0.15, -0.1) is 0 Å². The summed E-state index contributed by atoms with van der Waals surface area (Å²) >= 11 is 0. The van der Waals surface area contributed by atoms with Crippen LogP contribution in [0.1, 0.15) is 36.8 Å². The smallest absolute Gasteiger partial charge is 0.338 e. The number of rotatable bonds is 3. The van der Waals surface area contributed by atoms with Gasteiger partial charge in [0.2, 0.25) is 0 Å². The Bertz CT molecular complexity index is 866. The number of amidine groups is 1. The van der Waals surface area contributed by atoms with Crippen molar-refractivity contribution in [3.05, 3.63) is 29.6 Å². The normalized spacial score (nSPS) is 20.9. The van der Waals surface area contributed by atoms with E-state index >= 15 is 0 Å². The first-order valence-corrected chi connectivity index (χ1v) is 7.35. The summed E-state index contributed by atoms with van der Waals surface area (Å²) in [6, 6.07) is 3.35. The molecule has 1 atom stereocenters. The lowest BCUT2D eigenvalue weighted by molar-refractivity contribution is -0.124. The molecule has 7 heteroatoms. The van der Waals surface area contributed by atoms with Gasteiger partial charge < -0.3 is 15.0 Å². The first-order chi connectivity index (χ1) is 10.7. The highest BCUT2D eigenvalue weighted by Crippen LogP contribution is 2.28. The highest BCUT2D eigenvalue weighted by Gasteiger charge is 2.43. The Hall–Kier alpha value is -2.70. The number of hydrogen-bond donors (Lipinski definition) is 2. The number of nitrogens with one attached hydrogen (secondary N) is 1. The standard InChI is InChI=1S/C16H18N4O3/c1-8(2)16(3)15(23)18-13(19-16)12-9(14(21)22)7-11-10(17-12)5-6-20(11)4/h5-8H,1-4H3,(H,21,22)(H,18,19,23). The van der Waals surface area contributed by atoms with Crippen molar-refractivity contribution in [1.82, 2.24) is 14.9 Å². The number of aryl methyl sites for hydroxylation is 1. The second-order valence-corrected chi connectivity index (χ2v) is 6.24. The van der Waals surface area contributed by atoms with Crippen molar-refractivity contribution >= 4 is 28.7 Å². The van der Waals surface area contributed by atoms with Gasteiger partial charge in [0.25, 0.3) is 5.91 Å². The minimum Gasteiger partial charge on any atom is -0.478 e. The predicted octanol–water partition coefficient (Wildman–Crippen LogP) is 1.56. The van der Waals surface area contributed by atoms with Crippen LogP contribution in [-0.2, 0) is 11.8 Å². The number of aromatic carboxylic acids is 1. The highest BCUT2D eigenvalue weighted by molar-refractivity contribution is 6.18. The fourth-order valence-electron chi connectivity index (χ4n) is 2.58. The first-order valence-electron chi connectivity index (χ1n) is 7.35. The molecule has 1 amide bonds. The summed E-state index contributed by atoms with van der Waals surface area (Å²) in [5, 5.41) is 12.2. The van der Waals surface area contributed by atoms with Crippen molar-refractivity contribution in [2.24, 2.45) is 18.0 Å². The molecule has 2 aromatic rings. The second-order valence-electron chi connectivity index (χ2n) is 6.24. The van der Waals surface area contributed by atoms with E-state index < -0.39 is 11.5 Å². The number of aromatic nitrogens is 2. The van der Waals surface area contributed by atoms with Crippen molar-refractivity contribution in [1.29, 1.82) is 0 Å². The number of fused-ring (bicyclic) bond motifs is 1. The molecule has 1 aliphatic heterocycles. The van der Waals surface area contributed by atoms with Crippen LogP contribution in [0, 0.1) is 5.92 Å². The molecule has 0 saturated carbocycles. The molecular formula is C16H18N4O3. The van der Waals surface area contributed by atoms with Crippen molar-refractivity contribution in [3.63, 3.8) is 0 Å². The molecule has 1 unspecified atom stereocenters. The maximum absolute atomic E-state index is 12.3. The topological polar surface area (TPSA) is 96.6 Å². The van der Waals surface area contributed by atoms with E-state index in [0.29, 0.717) is 11.0 Å². The van der Waals surface area contributed by atoms with Gasteiger partial charge in [-0.25, -0.2) is 14.8 Å². The Morgan fingerprint density at radius 3 is 2.70 bits per heavy atom. The van der Waals surface area contributed by atoms with Crippen LogP contribution in [0.4, 0.5) is 0 Å². The highest BCUT2D eigenvalue weighted by atomic mass is 16.4. The number of carboxylic acids is 1. The maximum atomic E-state index is 12.3. The van der Waals surface area contributed by atoms with Crippen LogP contribution in [0.15, 0.2) is 23.3 Å². The number of amides is 1. The van der Waals surface area contributed by atoms with Gasteiger partial charge in [0, 0.05) is 13.2 Å². The molecule has 23 heavy (non-hydrogen) atoms. The van der Waals surface area contributed by atoms with Gasteiger partial charge in [0.15, 0.2) is 5.84 Å². The number of pyridine rings is 1. The van der Waals surface area contributed by atoms with E-state index in [9.17, 15) is 14.7 Å². The van der Waals surface area contributed by atoms with Crippen LogP contribution in [-0.4, -0.2) is 37.9 Å². The van der Waals surface area contributed by atoms with E-state index in [2.05, 4.69) is 15.3 Å². The number of nitrogens with zero attached hydrogens (tertiary/aromatic N) is 3. The minimum absolute atomic E-state index is 0.0197. The van der Waals surface area contributed by atoms with Crippen LogP contribution in [0.3, 0.4) is 0 Å². The van der Waals surface area contributed by atoms with E-state index in [4.69, 9.17) is 0 Å². The molecule has 2 N–H and O–H groups in total. The Morgan fingerprint density at radius 1 is 1.43 bits per heavy atom. The van der Waals surface area contributed by atoms with Gasteiger partial charge in [-0.1, -0.05) is 13.8 Å². The quantitative estimate of drug-likeness (QED) is 0.898. The summed E-state index contributed by atoms with van der Waals surface area (Å²) in [4.78, 5) is 32.7. The summed E-state index contributed by atoms with van der Waals surface area (Å²) in [6.45, 7) is 5.54. The van der Waals surface area contributed by atoms with Gasteiger partial charge in [-0.2, -0.15) is 0 Å². The largest absolute Gasteiger partial charge is 0.478 e. The van der Waals surface area contributed by atoms with E-state index in [-0.39, 0.29) is 28.9 Å². The van der Waals surface area contributed by atoms with E-state index in [1.165, 1.54) is 0 Å². The number of carbonyl (C=O) groups excluding carboxylic acids is 1. The molecule has 120 valence electrons. The van der Waals surface area contributed by atoms with Gasteiger partial charge in [-0.3, -0.25) is 4.79 Å². The zero-order chi connectivity index (χ0) is 16.9. The molecular weight excluding hydrogens is 296 g/mol. The van der Waals surface area contributed by atoms with Gasteiger partial charge in [-0.05, 0) is 25.0 Å². The summed E-state index contributed by atoms with van der Waals surface area (Å²) < 4.78 is 1.80. The lowest BCUT2D eigenvalue weighted by Gasteiger charge is -2.21. The summed E-state index contributed by atoms with van der Waals surface area (Å²) in [5.41, 5.74) is 0.656. The second kappa shape index (κ2) is 4.91. The lowest BCUT2D eigenvalue weighted by Crippen LogP contribution is -2.41. The first kappa shape index (κ1) is 15.2. The third kappa shape index (κ3) is 2.19. The van der Waals surface area contributed by atoms with Gasteiger partial charge in [0.1, 0.15) is 11.2 Å². The SMILES string of the molecule is CC(C)C1(C)N=C(c2nc3ccn(C)c3cc2C(=O)O)NC1=O. The van der Waals surface area contributed by atoms with Crippen LogP contribution in [0.2, 0.25) is 0 Å². The van der Waals surface area contributed by atoms with Crippen molar-refractivity contribution in [2.75, 3.05) is 0 Å². The van der Waals surface area contributed by atoms with Crippen molar-refractivity contribution in [3.8, 4) is 0 Å². The lowest BCUT2D eigenvalue weighted by atomic mass is 9.89. The summed E-state index contributed by atoms with van der Waals surface area (Å²) in [6.07, 6.45) is 1.81. The Labute approximate surface area is 133 Å². The third-order valence-corrected chi connectivity index (χ3v) is 4.48. The maximum Gasteiger partial charge on any atom is 0.338 e. The molecule has 0 aromatic carbocycles. The molecule has 0 saturated heterocycles. The Balaban J connectivity index is 2.22. The summed E-state index contributed by atoms with van der Waals surface area (Å²) in [5.74, 6) is -1.15. The molecule has 0 aliphatic carbocycles. The Morgan fingerprint density at radius 2 is 2.13 bits per heavy atom. The number of carbonyl (C=O) groups is 2. The molecule has 0 radical (unpaired) electrons. The van der Waals surface area contributed by atoms with Gasteiger partial charge >= 0.3 is 5.97 Å². The van der Waals surface area contributed by atoms with E-state index in [1.807, 2.05) is 20.9 Å². The number of hydrogen-bond acceptors (Lipinski definition) is 4. The number of carboxylic acid groups (broad SMARTS) is 1.